The van der Waals surface area contributed by atoms with E-state index in [1.807, 2.05) is 24.3 Å². The average Bonchev–Trinajstić information content (AvgIpc) is 2.85. The van der Waals surface area contributed by atoms with Gasteiger partial charge in [0.25, 0.3) is 0 Å². The molecule has 0 bridgehead atoms. The Balaban J connectivity index is 1.39. The number of hydrogen-bond donors (Lipinski definition) is 3. The highest BCUT2D eigenvalue weighted by atomic mass is 32.2. The minimum Gasteiger partial charge on any atom is -0.446 e. The lowest BCUT2D eigenvalue weighted by Gasteiger charge is -2.23. The molecule has 9 nitrogen and oxygen atoms in total. The Morgan fingerprint density at radius 3 is 2.31 bits per heavy atom. The molecule has 1 aromatic carbocycles. The number of nitrogens with one attached hydrogen (secondary N) is 3. The molecule has 0 saturated carbocycles. The first-order valence-corrected chi connectivity index (χ1v) is 13.4. The summed E-state index contributed by atoms with van der Waals surface area (Å²) in [5, 5.41) is 2.20. The van der Waals surface area contributed by atoms with Crippen molar-refractivity contribution in [2.45, 2.75) is 74.9 Å². The number of hydrazine groups is 1. The van der Waals surface area contributed by atoms with Crippen LogP contribution in [0.25, 0.3) is 0 Å². The van der Waals surface area contributed by atoms with Gasteiger partial charge in [0.05, 0.1) is 30.8 Å². The normalized spacial score (nSPS) is 14.7. The number of benzene rings is 1. The lowest BCUT2D eigenvalue weighted by molar-refractivity contribution is -0.124. The number of fused-ring (bicyclic) bond motifs is 1. The minimum atomic E-state index is -0.793. The van der Waals surface area contributed by atoms with Crippen LogP contribution in [0.4, 0.5) is 10.5 Å². The predicted molar refractivity (Wildman–Crippen MR) is 136 cm³/mol. The first-order valence-electron chi connectivity index (χ1n) is 12.5. The maximum atomic E-state index is 12.2. The smallest absolute Gasteiger partial charge is 0.426 e. The number of anilines is 1. The molecule has 1 atom stereocenters. The topological polar surface area (TPSA) is 115 Å². The third-order valence-corrected chi connectivity index (χ3v) is 6.63. The van der Waals surface area contributed by atoms with Crippen molar-refractivity contribution in [2.75, 3.05) is 38.4 Å². The number of rotatable bonds is 17. The van der Waals surface area contributed by atoms with E-state index in [1.165, 1.54) is 56.7 Å². The number of carbonyl (C=O) groups is 3. The van der Waals surface area contributed by atoms with Crippen molar-refractivity contribution in [3.05, 3.63) is 24.3 Å². The third-order valence-electron chi connectivity index (χ3n) is 5.36. The van der Waals surface area contributed by atoms with Gasteiger partial charge in [-0.2, -0.15) is 0 Å². The Hall–Kier alpha value is -2.30. The second kappa shape index (κ2) is 18.0. The Labute approximate surface area is 212 Å². The SMILES string of the molecule is CCCCCCCCCCOCCOCCOC(=O)NNC(=O)CC1Sc2ccccc2NC1=O. The lowest BCUT2D eigenvalue weighted by atomic mass is 10.1. The molecule has 35 heavy (non-hydrogen) atoms. The highest BCUT2D eigenvalue weighted by Gasteiger charge is 2.28. The summed E-state index contributed by atoms with van der Waals surface area (Å²) < 4.78 is 15.8. The first kappa shape index (κ1) is 28.9. The van der Waals surface area contributed by atoms with Gasteiger partial charge in [-0.1, -0.05) is 64.0 Å². The Morgan fingerprint density at radius 1 is 0.886 bits per heavy atom. The third kappa shape index (κ3) is 12.8. The summed E-state index contributed by atoms with van der Waals surface area (Å²) in [5.41, 5.74) is 5.17. The molecule has 0 aliphatic carbocycles. The summed E-state index contributed by atoms with van der Waals surface area (Å²) in [6.07, 6.45) is 9.29. The van der Waals surface area contributed by atoms with Gasteiger partial charge in [-0.05, 0) is 18.6 Å². The Bertz CT molecular complexity index is 779. The van der Waals surface area contributed by atoms with E-state index >= 15 is 0 Å². The molecule has 10 heteroatoms. The molecule has 196 valence electrons. The van der Waals surface area contributed by atoms with Crippen LogP contribution in [-0.2, 0) is 23.8 Å². The molecular formula is C25H39N3O6S. The van der Waals surface area contributed by atoms with Crippen LogP contribution in [0.15, 0.2) is 29.2 Å². The zero-order valence-corrected chi connectivity index (χ0v) is 21.5. The summed E-state index contributed by atoms with van der Waals surface area (Å²) >= 11 is 1.32. The average molecular weight is 510 g/mol. The van der Waals surface area contributed by atoms with Gasteiger partial charge >= 0.3 is 6.09 Å². The van der Waals surface area contributed by atoms with Gasteiger partial charge in [-0.3, -0.25) is 15.0 Å². The molecule has 3 N–H and O–H groups in total. The second-order valence-corrected chi connectivity index (χ2v) is 9.55. The summed E-state index contributed by atoms with van der Waals surface area (Å²) in [7, 11) is 0. The fourth-order valence-corrected chi connectivity index (χ4v) is 4.57. The van der Waals surface area contributed by atoms with Gasteiger partial charge in [0.15, 0.2) is 0 Å². The first-order chi connectivity index (χ1) is 17.1. The van der Waals surface area contributed by atoms with Crippen molar-refractivity contribution in [3.63, 3.8) is 0 Å². The number of unbranched alkanes of at least 4 members (excludes halogenated alkanes) is 7. The molecule has 0 spiro atoms. The molecule has 1 aromatic rings. The van der Waals surface area contributed by atoms with Gasteiger partial charge in [0.2, 0.25) is 11.8 Å². The molecule has 0 aromatic heterocycles. The molecular weight excluding hydrogens is 470 g/mol. The van der Waals surface area contributed by atoms with E-state index in [0.717, 1.165) is 23.6 Å². The number of amides is 3. The van der Waals surface area contributed by atoms with Crippen LogP contribution in [0.1, 0.15) is 64.7 Å². The van der Waals surface area contributed by atoms with E-state index in [1.54, 1.807) is 0 Å². The van der Waals surface area contributed by atoms with Crippen molar-refractivity contribution < 1.29 is 28.6 Å². The Kier molecular flexibility index (Phi) is 14.9. The van der Waals surface area contributed by atoms with Crippen LogP contribution in [-0.4, -0.2) is 56.2 Å². The predicted octanol–water partition coefficient (Wildman–Crippen LogP) is 4.42. The summed E-state index contributed by atoms with van der Waals surface area (Å²) in [6.45, 7) is 4.20. The fourth-order valence-electron chi connectivity index (χ4n) is 3.46. The van der Waals surface area contributed by atoms with Crippen molar-refractivity contribution in [1.29, 1.82) is 0 Å². The van der Waals surface area contributed by atoms with E-state index in [2.05, 4.69) is 23.1 Å². The Morgan fingerprint density at radius 2 is 1.54 bits per heavy atom. The van der Waals surface area contributed by atoms with Crippen molar-refractivity contribution >= 4 is 35.4 Å². The number of para-hydroxylation sites is 1. The molecule has 0 saturated heterocycles. The summed E-state index contributed by atoms with van der Waals surface area (Å²) in [6, 6.07) is 7.39. The van der Waals surface area contributed by atoms with Crippen LogP contribution in [0.3, 0.4) is 0 Å². The van der Waals surface area contributed by atoms with Crippen molar-refractivity contribution in [3.8, 4) is 0 Å². The fraction of sp³-hybridized carbons (Fsp3) is 0.640. The highest BCUT2D eigenvalue weighted by Crippen LogP contribution is 2.36. The maximum Gasteiger partial charge on any atom is 0.426 e. The van der Waals surface area contributed by atoms with Crippen LogP contribution in [0.5, 0.6) is 0 Å². The van der Waals surface area contributed by atoms with E-state index in [4.69, 9.17) is 14.2 Å². The van der Waals surface area contributed by atoms with E-state index in [-0.39, 0.29) is 25.5 Å². The van der Waals surface area contributed by atoms with Crippen LogP contribution >= 0.6 is 11.8 Å². The second-order valence-electron chi connectivity index (χ2n) is 8.30. The molecule has 1 heterocycles. The zero-order chi connectivity index (χ0) is 25.1. The van der Waals surface area contributed by atoms with Gasteiger partial charge in [-0.15, -0.1) is 11.8 Å². The zero-order valence-electron chi connectivity index (χ0n) is 20.6. The molecule has 3 amide bonds. The molecule has 0 fully saturated rings. The highest BCUT2D eigenvalue weighted by molar-refractivity contribution is 8.01. The van der Waals surface area contributed by atoms with Crippen molar-refractivity contribution in [2.24, 2.45) is 0 Å². The largest absolute Gasteiger partial charge is 0.446 e. The maximum absolute atomic E-state index is 12.2. The summed E-state index contributed by atoms with van der Waals surface area (Å²) in [4.78, 5) is 36.8. The van der Waals surface area contributed by atoms with E-state index in [0.29, 0.717) is 13.2 Å². The quantitative estimate of drug-likeness (QED) is 0.210. The van der Waals surface area contributed by atoms with E-state index < -0.39 is 17.3 Å². The number of hydrogen-bond acceptors (Lipinski definition) is 7. The minimum absolute atomic E-state index is 0.0530. The molecule has 1 aliphatic rings. The van der Waals surface area contributed by atoms with Gasteiger partial charge in [0, 0.05) is 17.9 Å². The lowest BCUT2D eigenvalue weighted by Crippen LogP contribution is -2.44. The van der Waals surface area contributed by atoms with Gasteiger partial charge < -0.3 is 19.5 Å². The van der Waals surface area contributed by atoms with Crippen molar-refractivity contribution in [1.82, 2.24) is 10.9 Å². The monoisotopic (exact) mass is 509 g/mol. The number of carbonyl (C=O) groups excluding carboxylic acids is 3. The molecule has 1 unspecified atom stereocenters. The van der Waals surface area contributed by atoms with Gasteiger partial charge in [-0.25, -0.2) is 10.2 Å². The molecule has 1 aliphatic heterocycles. The van der Waals surface area contributed by atoms with E-state index in [9.17, 15) is 14.4 Å². The van der Waals surface area contributed by atoms with Crippen LogP contribution in [0.2, 0.25) is 0 Å². The van der Waals surface area contributed by atoms with Crippen LogP contribution in [0, 0.1) is 0 Å². The number of thioether (sulfide) groups is 1. The standard InChI is InChI=1S/C25H39N3O6S/c1-2-3-4-5-6-7-8-11-14-32-15-16-33-17-18-34-25(31)28-27-23(29)19-22-24(30)26-20-12-9-10-13-21(20)35-22/h9-10,12-13,22H,2-8,11,14-19H2,1H3,(H,26,30)(H,27,29)(H,28,31). The summed E-state index contributed by atoms with van der Waals surface area (Å²) in [5.74, 6) is -0.732. The van der Waals surface area contributed by atoms with Crippen LogP contribution < -0.4 is 16.2 Å². The molecule has 2 rings (SSSR count). The molecule has 0 radical (unpaired) electrons. The van der Waals surface area contributed by atoms with Gasteiger partial charge in [0.1, 0.15) is 6.61 Å². The number of ether oxygens (including phenoxy) is 3.